The van der Waals surface area contributed by atoms with Gasteiger partial charge in [-0.05, 0) is 140 Å². The van der Waals surface area contributed by atoms with Crippen LogP contribution in [0.4, 0.5) is 0 Å². The number of aliphatic hydroxyl groups excluding tert-OH is 1. The zero-order valence-electron chi connectivity index (χ0n) is 72.6. The van der Waals surface area contributed by atoms with Crippen LogP contribution in [0.5, 0.6) is 0 Å². The molecule has 0 bridgehead atoms. The average molecular weight is 1840 g/mol. The largest absolute Gasteiger partial charge is 0.481 e. The molecular weight excluding hydrogens is 1710 g/mol. The number of benzene rings is 1. The molecule has 0 heterocycles. The van der Waals surface area contributed by atoms with Crippen LogP contribution in [-0.2, 0) is 112 Å². The van der Waals surface area contributed by atoms with Gasteiger partial charge in [-0.1, -0.05) is 70.9 Å². The van der Waals surface area contributed by atoms with Crippen LogP contribution in [0.1, 0.15) is 188 Å². The Hall–Kier alpha value is -12.2. The van der Waals surface area contributed by atoms with Crippen molar-refractivity contribution in [3.63, 3.8) is 0 Å². The van der Waals surface area contributed by atoms with E-state index in [9.17, 15) is 141 Å². The molecule has 0 unspecified atom stereocenters. The van der Waals surface area contributed by atoms with Gasteiger partial charge in [0.05, 0.1) is 18.6 Å². The van der Waals surface area contributed by atoms with E-state index in [0.29, 0.717) is 12.0 Å². The molecule has 49 heteroatoms. The van der Waals surface area contributed by atoms with Crippen LogP contribution in [0.3, 0.4) is 0 Å². The number of carboxylic acids is 6. The Bertz CT molecular complexity index is 3960. The Labute approximate surface area is 742 Å². The van der Waals surface area contributed by atoms with Crippen molar-refractivity contribution < 1.29 is 141 Å². The second-order valence-electron chi connectivity index (χ2n) is 30.6. The van der Waals surface area contributed by atoms with Crippen molar-refractivity contribution in [3.8, 4) is 0 Å². The predicted octanol–water partition coefficient (Wildman–Crippen LogP) is -6.60. The number of carbonyl (C=O) groups excluding carboxylic acids is 16. The highest BCUT2D eigenvalue weighted by Gasteiger charge is 2.41. The summed E-state index contributed by atoms with van der Waals surface area (Å²) < 4.78 is 0. The number of carbonyl (C=O) groups is 22. The summed E-state index contributed by atoms with van der Waals surface area (Å²) >= 11 is 1.19. The van der Waals surface area contributed by atoms with E-state index in [0.717, 1.165) is 6.92 Å². The first-order valence-electron chi connectivity index (χ1n) is 41.7. The normalized spacial score (nSPS) is 15.3. The van der Waals surface area contributed by atoms with Crippen molar-refractivity contribution >= 4 is 142 Å². The Morgan fingerprint density at radius 2 is 0.633 bits per heavy atom. The summed E-state index contributed by atoms with van der Waals surface area (Å²) in [7, 11) is 0. The lowest BCUT2D eigenvalue weighted by molar-refractivity contribution is -0.147. The number of carboxylic acid groups (broad SMARTS) is 6. The van der Waals surface area contributed by atoms with Gasteiger partial charge in [0, 0.05) is 44.9 Å². The lowest BCUT2D eigenvalue weighted by atomic mass is 9.96. The number of unbranched alkanes of at least 4 members (excludes halogenated alkanes) is 2. The minimum Gasteiger partial charge on any atom is -0.481 e. The van der Waals surface area contributed by atoms with Crippen molar-refractivity contribution in [2.24, 2.45) is 40.5 Å². The maximum Gasteiger partial charge on any atom is 0.326 e. The molecule has 0 aromatic heterocycles. The van der Waals surface area contributed by atoms with Crippen LogP contribution in [0.25, 0.3) is 0 Å². The van der Waals surface area contributed by atoms with Gasteiger partial charge >= 0.3 is 35.8 Å². The topological polar surface area (TPSA) is 816 Å². The summed E-state index contributed by atoms with van der Waals surface area (Å²) in [4.78, 5) is 293. The van der Waals surface area contributed by atoms with Crippen molar-refractivity contribution in [3.05, 3.63) is 35.9 Å². The molecule has 1 aromatic rings. The molecule has 0 saturated carbocycles. The highest BCUT2D eigenvalue weighted by atomic mass is 32.2. The Kier molecular flexibility index (Phi) is 53.7. The van der Waals surface area contributed by atoms with Gasteiger partial charge in [0.2, 0.25) is 94.5 Å². The fourth-order valence-electron chi connectivity index (χ4n) is 12.3. The smallest absolute Gasteiger partial charge is 0.326 e. The second-order valence-corrected chi connectivity index (χ2v) is 31.6. The monoisotopic (exact) mass is 1840 g/mol. The van der Waals surface area contributed by atoms with E-state index in [4.69, 9.17) is 28.7 Å². The third kappa shape index (κ3) is 44.8. The number of hydrogen-bond donors (Lipinski definition) is 26. The van der Waals surface area contributed by atoms with Crippen molar-refractivity contribution in [2.75, 3.05) is 25.1 Å². The van der Waals surface area contributed by atoms with Gasteiger partial charge < -0.3 is 139 Å². The zero-order chi connectivity index (χ0) is 97.2. The first-order chi connectivity index (χ1) is 60.1. The molecule has 0 fully saturated rings. The maximum atomic E-state index is 14.7. The molecule has 1 rings (SSSR count). The summed E-state index contributed by atoms with van der Waals surface area (Å²) in [6.07, 6.45) is -8.65. The summed E-state index contributed by atoms with van der Waals surface area (Å²) in [5.74, 6) is -28.5. The number of hydrogen-bond acceptors (Lipinski definition) is 27. The Morgan fingerprint density at radius 1 is 0.336 bits per heavy atom. The van der Waals surface area contributed by atoms with Crippen molar-refractivity contribution in [2.45, 2.75) is 286 Å². The molecular formula is C79H127N19O29S. The Morgan fingerprint density at radius 3 is 0.969 bits per heavy atom. The van der Waals surface area contributed by atoms with E-state index in [1.807, 2.05) is 5.32 Å². The van der Waals surface area contributed by atoms with Gasteiger partial charge in [-0.3, -0.25) is 101 Å². The number of primary amides is 2. The van der Waals surface area contributed by atoms with Crippen LogP contribution in [0.15, 0.2) is 30.3 Å². The maximum absolute atomic E-state index is 14.7. The number of amides is 16. The molecule has 0 aliphatic carbocycles. The number of nitrogens with two attached hydrogens (primary N) is 5. The van der Waals surface area contributed by atoms with Gasteiger partial charge in [-0.15, -0.1) is 0 Å². The molecule has 31 N–H and O–H groups in total. The van der Waals surface area contributed by atoms with E-state index in [-0.39, 0.29) is 89.5 Å². The van der Waals surface area contributed by atoms with Crippen molar-refractivity contribution in [1.29, 1.82) is 0 Å². The fraction of sp³-hybridized carbons (Fsp3) is 0.646. The van der Waals surface area contributed by atoms with E-state index >= 15 is 0 Å². The molecule has 16 amide bonds. The SMILES string of the molecule is CC[C@H](C)[C@H](NC(=O)[C@H](C)NC(=O)[C@H](CCC(=O)O)NC(=O)[C@H](Cc1ccccc1)NC(=O)[C@@H](NC(=O)[C@@H](N)CCC(N)=O)[C@@H](C)O)C(=O)N[C@@H](CCCCN)C(=O)N[C@@H](CCCCN)C(=O)N[C@@H](CCC(N)=O)C(=O)N[C@@H](CCSC)C(=O)N[C@H](C(=O)N[C@@H](CCC(=O)O)C(=O)N[C@@H](CCC(=O)O)C(=O)N[C@@H](CCC(=O)O)C(=O)N[C@@H](CC(=O)O)C(=O)O)[C@@H](C)CC. The molecule has 0 aliphatic heterocycles. The van der Waals surface area contributed by atoms with Crippen molar-refractivity contribution in [1.82, 2.24) is 74.4 Å². The highest BCUT2D eigenvalue weighted by molar-refractivity contribution is 7.98. The summed E-state index contributed by atoms with van der Waals surface area (Å²) in [6.45, 7) is 8.83. The van der Waals surface area contributed by atoms with E-state index < -0.39 is 310 Å². The van der Waals surface area contributed by atoms with Gasteiger partial charge in [-0.2, -0.15) is 11.8 Å². The molecule has 48 nitrogen and oxygen atoms in total. The summed E-state index contributed by atoms with van der Waals surface area (Å²) in [6, 6.07) is -17.6. The van der Waals surface area contributed by atoms with Crippen LogP contribution in [-0.4, -0.2) is 288 Å². The molecule has 18 atom stereocenters. The first kappa shape index (κ1) is 114. The summed E-state index contributed by atoms with van der Waals surface area (Å²) in [5, 5.41) is 101. The van der Waals surface area contributed by atoms with Gasteiger partial charge in [0.1, 0.15) is 84.6 Å². The van der Waals surface area contributed by atoms with Crippen LogP contribution in [0, 0.1) is 11.8 Å². The van der Waals surface area contributed by atoms with Gasteiger partial charge in [0.25, 0.3) is 0 Å². The predicted molar refractivity (Wildman–Crippen MR) is 454 cm³/mol. The Balaban J connectivity index is 3.78. The van der Waals surface area contributed by atoms with Crippen LogP contribution >= 0.6 is 11.8 Å². The van der Waals surface area contributed by atoms with E-state index in [2.05, 4.69) is 69.1 Å². The average Bonchev–Trinajstić information content (AvgIpc) is 0.843. The third-order valence-corrected chi connectivity index (χ3v) is 20.8. The molecule has 0 aliphatic rings. The third-order valence-electron chi connectivity index (χ3n) is 20.2. The molecule has 1 aromatic carbocycles. The minimum absolute atomic E-state index is 0.0911. The number of aliphatic hydroxyl groups is 1. The standard InChI is InChI=1S/C79H127N19O29S/c1-8-39(3)62(96-65(112)41(5)85-67(114)48(23-29-57(102)103)90-75(122)53(37-43-17-11-10-12-18-43)94-78(125)64(42(6)99)98-66(113)44(82)21-27-55(83)100)76(123)92-46(20-14-16-35-81)69(116)86-45(19-13-15-34-80)68(115)87-47(22-28-56(84)101)70(117)91-52(33-36-128-7)74(121)97-63(40(4)9-2)77(124)93-51(26-32-60(108)109)72(119)88-49(24-30-58(104)105)71(118)89-50(25-31-59(106)107)73(120)95-54(79(126)127)38-61(110)111/h10-12,17-18,39-42,44-54,62-64,99H,8-9,13-16,19-38,80-82H2,1-7H3,(H2,83,100)(H2,84,101)(H,85,114)(H,86,116)(H,87,115)(H,88,119)(H,89,118)(H,90,122)(H,91,117)(H,92,123)(H,93,124)(H,94,125)(H,95,120)(H,96,112)(H,97,121)(H,98,113)(H,102,103)(H,104,105)(H,106,107)(H,108,109)(H,110,111)(H,126,127)/t39-,40-,41-,42+,44-,45-,46-,47-,48-,49-,50-,51-,52-,53-,54-,62-,63-,64-/m0/s1. The lowest BCUT2D eigenvalue weighted by Gasteiger charge is -2.30. The number of aliphatic carboxylic acids is 6. The number of rotatable bonds is 67. The van der Waals surface area contributed by atoms with E-state index in [1.54, 1.807) is 57.4 Å². The number of thioether (sulfide) groups is 1. The molecule has 0 spiro atoms. The molecule has 0 saturated heterocycles. The van der Waals surface area contributed by atoms with Crippen LogP contribution in [0.2, 0.25) is 0 Å². The fourth-order valence-corrected chi connectivity index (χ4v) is 12.7. The second kappa shape index (κ2) is 60.4. The van der Waals surface area contributed by atoms with Gasteiger partial charge in [-0.25, -0.2) is 4.79 Å². The zero-order valence-corrected chi connectivity index (χ0v) is 73.4. The molecule has 0 radical (unpaired) electrons. The molecule has 718 valence electrons. The highest BCUT2D eigenvalue weighted by Crippen LogP contribution is 2.18. The van der Waals surface area contributed by atoms with Gasteiger partial charge in [0.15, 0.2) is 0 Å². The molecule has 128 heavy (non-hydrogen) atoms. The van der Waals surface area contributed by atoms with E-state index in [1.165, 1.54) is 25.6 Å². The first-order valence-corrected chi connectivity index (χ1v) is 43.1. The lowest BCUT2D eigenvalue weighted by Crippen LogP contribution is -2.62. The number of nitrogens with one attached hydrogen (secondary N) is 14. The minimum atomic E-state index is -2.10. The van der Waals surface area contributed by atoms with Crippen LogP contribution < -0.4 is 103 Å². The quantitative estimate of drug-likeness (QED) is 0.0270. The summed E-state index contributed by atoms with van der Waals surface area (Å²) in [5.41, 5.74) is 28.7.